The van der Waals surface area contributed by atoms with Gasteiger partial charge in [-0.2, -0.15) is 0 Å². The van der Waals surface area contributed by atoms with Gasteiger partial charge in [-0.3, -0.25) is 0 Å². The van der Waals surface area contributed by atoms with Crippen LogP contribution in [0.3, 0.4) is 0 Å². The van der Waals surface area contributed by atoms with E-state index in [2.05, 4.69) is 10.3 Å². The molecule has 1 N–H and O–H groups in total. The van der Waals surface area contributed by atoms with Gasteiger partial charge in [-0.15, -0.1) is 0 Å². The van der Waals surface area contributed by atoms with Crippen LogP contribution in [0.2, 0.25) is 0 Å². The minimum Gasteiger partial charge on any atom is -0.441 e. The van der Waals surface area contributed by atoms with Gasteiger partial charge >= 0.3 is 12.1 Å². The van der Waals surface area contributed by atoms with Crippen molar-refractivity contribution in [2.45, 2.75) is 31.3 Å². The van der Waals surface area contributed by atoms with E-state index in [4.69, 9.17) is 9.15 Å². The fourth-order valence-electron chi connectivity index (χ4n) is 3.84. The second kappa shape index (κ2) is 7.09. The zero-order valence-corrected chi connectivity index (χ0v) is 15.4. The number of amides is 3. The maximum Gasteiger partial charge on any atom is 0.410 e. The molecule has 2 saturated heterocycles. The topological polar surface area (TPSA) is 87.9 Å². The van der Waals surface area contributed by atoms with Crippen LogP contribution < -0.4 is 5.32 Å². The quantitative estimate of drug-likeness (QED) is 0.894. The molecule has 0 unspecified atom stereocenters. The number of likely N-dealkylation sites (N-methyl/N-ethyl adjacent to an activating group) is 1. The molecule has 0 radical (unpaired) electrons. The van der Waals surface area contributed by atoms with Crippen molar-refractivity contribution in [3.63, 3.8) is 0 Å². The van der Waals surface area contributed by atoms with Crippen LogP contribution in [0.5, 0.6) is 0 Å². The molecule has 0 saturated carbocycles. The lowest BCUT2D eigenvalue weighted by molar-refractivity contribution is 0.0453. The Labute approximate surface area is 157 Å². The van der Waals surface area contributed by atoms with Crippen LogP contribution in [0.25, 0.3) is 11.1 Å². The van der Waals surface area contributed by atoms with E-state index in [-0.39, 0.29) is 12.1 Å². The summed E-state index contributed by atoms with van der Waals surface area (Å²) in [4.78, 5) is 32.0. The van der Waals surface area contributed by atoms with E-state index >= 15 is 0 Å². The monoisotopic (exact) mass is 372 g/mol. The largest absolute Gasteiger partial charge is 0.441 e. The van der Waals surface area contributed by atoms with Crippen LogP contribution in [0.1, 0.15) is 25.2 Å². The summed E-state index contributed by atoms with van der Waals surface area (Å²) in [5.41, 5.74) is 1.14. The number of benzene rings is 1. The molecule has 1 atom stereocenters. The molecule has 2 aliphatic rings. The van der Waals surface area contributed by atoms with Crippen molar-refractivity contribution < 1.29 is 18.7 Å². The van der Waals surface area contributed by atoms with Crippen molar-refractivity contribution in [1.82, 2.24) is 20.1 Å². The first-order valence-electron chi connectivity index (χ1n) is 9.36. The highest BCUT2D eigenvalue weighted by Crippen LogP contribution is 2.32. The molecule has 4 rings (SSSR count). The van der Waals surface area contributed by atoms with Crippen LogP contribution in [-0.4, -0.2) is 65.7 Å². The molecular formula is C19H24N4O4. The summed E-state index contributed by atoms with van der Waals surface area (Å²) < 4.78 is 11.3. The van der Waals surface area contributed by atoms with Gasteiger partial charge in [-0.1, -0.05) is 12.1 Å². The number of fused-ring (bicyclic) bond motifs is 1. The number of carbonyl (C=O) groups excluding carboxylic acids is 2. The maximum atomic E-state index is 12.5. The Morgan fingerprint density at radius 1 is 1.30 bits per heavy atom. The first kappa shape index (κ1) is 17.6. The third-order valence-electron chi connectivity index (χ3n) is 5.28. The smallest absolute Gasteiger partial charge is 0.410 e. The number of oxazole rings is 1. The van der Waals surface area contributed by atoms with Crippen molar-refractivity contribution in [3.05, 3.63) is 30.2 Å². The van der Waals surface area contributed by atoms with Crippen molar-refractivity contribution >= 4 is 23.2 Å². The number of hydrogen-bond acceptors (Lipinski definition) is 5. The minimum atomic E-state index is -0.445. The molecule has 3 heterocycles. The predicted molar refractivity (Wildman–Crippen MR) is 98.4 cm³/mol. The van der Waals surface area contributed by atoms with Crippen LogP contribution in [0, 0.1) is 0 Å². The van der Waals surface area contributed by atoms with E-state index in [1.807, 2.05) is 24.3 Å². The third-order valence-corrected chi connectivity index (χ3v) is 5.28. The Balaban J connectivity index is 1.28. The molecule has 3 amide bonds. The van der Waals surface area contributed by atoms with E-state index in [1.165, 1.54) is 0 Å². The van der Waals surface area contributed by atoms with Crippen LogP contribution in [0.15, 0.2) is 28.7 Å². The summed E-state index contributed by atoms with van der Waals surface area (Å²) in [6.07, 6.45) is 2.55. The van der Waals surface area contributed by atoms with Crippen molar-refractivity contribution in [2.24, 2.45) is 0 Å². The van der Waals surface area contributed by atoms with Gasteiger partial charge < -0.3 is 24.3 Å². The summed E-state index contributed by atoms with van der Waals surface area (Å²) in [6, 6.07) is 7.51. The number of nitrogens with zero attached hydrogens (tertiary/aromatic N) is 3. The molecule has 1 spiro atoms. The molecule has 1 aromatic carbocycles. The van der Waals surface area contributed by atoms with Crippen molar-refractivity contribution in [3.8, 4) is 0 Å². The molecule has 8 nitrogen and oxygen atoms in total. The number of nitrogens with one attached hydrogen (secondary N) is 1. The van der Waals surface area contributed by atoms with Gasteiger partial charge in [-0.05, 0) is 25.0 Å². The highest BCUT2D eigenvalue weighted by Gasteiger charge is 2.44. The molecule has 0 aliphatic carbocycles. The lowest BCUT2D eigenvalue weighted by Gasteiger charge is -2.25. The number of carbonyl (C=O) groups is 2. The lowest BCUT2D eigenvalue weighted by Crippen LogP contribution is -2.42. The fraction of sp³-hybridized carbons (Fsp3) is 0.526. The van der Waals surface area contributed by atoms with Crippen LogP contribution in [-0.2, 0) is 11.2 Å². The average molecular weight is 372 g/mol. The van der Waals surface area contributed by atoms with E-state index in [0.29, 0.717) is 44.9 Å². The number of urea groups is 1. The Morgan fingerprint density at radius 3 is 2.93 bits per heavy atom. The highest BCUT2D eigenvalue weighted by atomic mass is 16.6. The number of aromatic nitrogens is 1. The number of likely N-dealkylation sites (tertiary alicyclic amines) is 1. The first-order valence-corrected chi connectivity index (χ1v) is 9.36. The van der Waals surface area contributed by atoms with E-state index in [0.717, 1.165) is 23.9 Å². The Bertz CT molecular complexity index is 818. The molecule has 27 heavy (non-hydrogen) atoms. The maximum absolute atomic E-state index is 12.5. The van der Waals surface area contributed by atoms with Crippen LogP contribution in [0.4, 0.5) is 9.59 Å². The Hall–Kier alpha value is -2.77. The summed E-state index contributed by atoms with van der Waals surface area (Å²) in [7, 11) is 1.75. The number of para-hydroxylation sites is 2. The SMILES string of the molecule is CN1C[C@]2(CCCN(C(=O)NCCc3nc4ccccc4o3)CC2)OC1=O. The van der Waals surface area contributed by atoms with Gasteiger partial charge in [-0.25, -0.2) is 14.6 Å². The predicted octanol–water partition coefficient (Wildman–Crippen LogP) is 2.39. The van der Waals surface area contributed by atoms with Crippen molar-refractivity contribution in [2.75, 3.05) is 33.2 Å². The van der Waals surface area contributed by atoms with Gasteiger partial charge in [0.2, 0.25) is 0 Å². The van der Waals surface area contributed by atoms with Gasteiger partial charge in [0.15, 0.2) is 11.5 Å². The third kappa shape index (κ3) is 3.70. The normalized spacial score (nSPS) is 22.9. The average Bonchev–Trinajstić information content (AvgIpc) is 3.10. The summed E-state index contributed by atoms with van der Waals surface area (Å²) in [5, 5.41) is 2.94. The molecule has 2 fully saturated rings. The molecule has 0 bridgehead atoms. The molecule has 1 aromatic heterocycles. The molecule has 8 heteroatoms. The van der Waals surface area contributed by atoms with E-state index < -0.39 is 5.60 Å². The Morgan fingerprint density at radius 2 is 2.15 bits per heavy atom. The van der Waals surface area contributed by atoms with E-state index in [1.54, 1.807) is 16.8 Å². The lowest BCUT2D eigenvalue weighted by atomic mass is 9.95. The summed E-state index contributed by atoms with van der Waals surface area (Å²) in [6.45, 7) is 2.30. The zero-order valence-electron chi connectivity index (χ0n) is 15.4. The Kier molecular flexibility index (Phi) is 4.63. The summed E-state index contributed by atoms with van der Waals surface area (Å²) >= 11 is 0. The number of rotatable bonds is 3. The molecule has 2 aromatic rings. The highest BCUT2D eigenvalue weighted by molar-refractivity contribution is 5.74. The summed E-state index contributed by atoms with van der Waals surface area (Å²) in [5.74, 6) is 0.618. The fourth-order valence-corrected chi connectivity index (χ4v) is 3.84. The van der Waals surface area contributed by atoms with Gasteiger partial charge in [0.05, 0.1) is 6.54 Å². The molecule has 2 aliphatic heterocycles. The van der Waals surface area contributed by atoms with Crippen molar-refractivity contribution in [1.29, 1.82) is 0 Å². The first-order chi connectivity index (χ1) is 13.0. The van der Waals surface area contributed by atoms with Gasteiger partial charge in [0.25, 0.3) is 0 Å². The second-order valence-corrected chi connectivity index (χ2v) is 7.30. The second-order valence-electron chi connectivity index (χ2n) is 7.30. The zero-order chi connectivity index (χ0) is 18.9. The van der Waals surface area contributed by atoms with Crippen LogP contribution >= 0.6 is 0 Å². The standard InChI is InChI=1S/C19H24N4O4/c1-22-13-19(27-18(22)25)8-4-11-23(12-9-19)17(24)20-10-7-16-21-14-5-2-3-6-15(14)26-16/h2-3,5-6H,4,7-13H2,1H3,(H,20,24)/t19-/m1/s1. The van der Waals surface area contributed by atoms with E-state index in [9.17, 15) is 9.59 Å². The molecule has 144 valence electrons. The van der Waals surface area contributed by atoms with Gasteiger partial charge in [0.1, 0.15) is 11.1 Å². The minimum absolute atomic E-state index is 0.0964. The number of hydrogen-bond donors (Lipinski definition) is 1. The number of ether oxygens (including phenoxy) is 1. The molecular weight excluding hydrogens is 348 g/mol. The van der Waals surface area contributed by atoms with Gasteiger partial charge in [0, 0.05) is 39.5 Å².